The molecule has 5 nitrogen and oxygen atoms in total. The Bertz CT molecular complexity index is 381. The van der Waals surface area contributed by atoms with Crippen LogP contribution in [0.4, 0.5) is 0 Å². The number of rotatable bonds is 3. The van der Waals surface area contributed by atoms with Crippen molar-refractivity contribution >= 4 is 11.9 Å². The van der Waals surface area contributed by atoms with Crippen LogP contribution in [0.5, 0.6) is 0 Å². The second-order valence-corrected chi connectivity index (χ2v) is 5.83. The van der Waals surface area contributed by atoms with E-state index in [4.69, 9.17) is 14.2 Å². The fraction of sp³-hybridized carbons (Fsp3) is 0.846. The Morgan fingerprint density at radius 1 is 1.22 bits per heavy atom. The summed E-state index contributed by atoms with van der Waals surface area (Å²) in [5.41, 5.74) is -0.543. The van der Waals surface area contributed by atoms with Gasteiger partial charge in [0.25, 0.3) is 0 Å². The molecule has 2 heterocycles. The van der Waals surface area contributed by atoms with E-state index in [1.165, 1.54) is 0 Å². The second kappa shape index (κ2) is 4.03. The van der Waals surface area contributed by atoms with Gasteiger partial charge in [0.05, 0.1) is 11.8 Å². The van der Waals surface area contributed by atoms with E-state index in [2.05, 4.69) is 0 Å². The molecule has 0 radical (unpaired) electrons. The van der Waals surface area contributed by atoms with E-state index < -0.39 is 41.3 Å². The number of hydrogen-bond donors (Lipinski definition) is 0. The fourth-order valence-electron chi connectivity index (χ4n) is 2.76. The summed E-state index contributed by atoms with van der Waals surface area (Å²) in [4.78, 5) is 23.3. The summed E-state index contributed by atoms with van der Waals surface area (Å²) in [6.07, 6.45) is 0.203. The minimum absolute atomic E-state index is 0.446. The Hall–Kier alpha value is -0.940. The van der Waals surface area contributed by atoms with Gasteiger partial charge in [0.1, 0.15) is 0 Å². The Kier molecular flexibility index (Phi) is 3.02. The van der Waals surface area contributed by atoms with Crippen molar-refractivity contribution in [1.29, 1.82) is 0 Å². The van der Waals surface area contributed by atoms with Gasteiger partial charge < -0.3 is 14.2 Å². The van der Waals surface area contributed by atoms with Crippen molar-refractivity contribution in [1.82, 2.24) is 0 Å². The van der Waals surface area contributed by atoms with Crippen LogP contribution in [-0.2, 0) is 23.8 Å². The molecule has 2 rings (SSSR count). The lowest BCUT2D eigenvalue weighted by atomic mass is 9.69. The average Bonchev–Trinajstić information content (AvgIpc) is 2.49. The van der Waals surface area contributed by atoms with Crippen molar-refractivity contribution in [2.75, 3.05) is 0 Å². The lowest BCUT2D eigenvalue weighted by Gasteiger charge is -2.52. The molecule has 0 aromatic rings. The molecule has 2 aliphatic heterocycles. The lowest BCUT2D eigenvalue weighted by molar-refractivity contribution is -0.467. The van der Waals surface area contributed by atoms with Gasteiger partial charge in [0.2, 0.25) is 0 Å². The minimum Gasteiger partial charge on any atom is -0.393 e. The first kappa shape index (κ1) is 13.5. The van der Waals surface area contributed by atoms with E-state index in [1.54, 1.807) is 6.92 Å². The smallest absolute Gasteiger partial charge is 0.318 e. The molecule has 0 aromatic carbocycles. The van der Waals surface area contributed by atoms with Crippen molar-refractivity contribution in [2.24, 2.45) is 17.3 Å². The number of carbonyl (C=O) groups excluding carboxylic acids is 2. The maximum atomic E-state index is 11.9. The molecule has 0 saturated carbocycles. The van der Waals surface area contributed by atoms with Crippen molar-refractivity contribution in [3.05, 3.63) is 0 Å². The first-order chi connectivity index (χ1) is 8.21. The van der Waals surface area contributed by atoms with Gasteiger partial charge in [-0.3, -0.25) is 9.59 Å². The molecule has 18 heavy (non-hydrogen) atoms. The molecule has 2 fully saturated rings. The SMILES string of the molecule is CCC(C)(C1OC(C)(C)O1)C1C(=O)OC(=O)C1C. The Labute approximate surface area is 107 Å². The van der Waals surface area contributed by atoms with Crippen LogP contribution in [0.2, 0.25) is 0 Å². The quantitative estimate of drug-likeness (QED) is 0.569. The Morgan fingerprint density at radius 3 is 2.11 bits per heavy atom. The monoisotopic (exact) mass is 256 g/mol. The summed E-state index contributed by atoms with van der Waals surface area (Å²) >= 11 is 0. The Morgan fingerprint density at radius 2 is 1.78 bits per heavy atom. The van der Waals surface area contributed by atoms with Crippen molar-refractivity contribution in [3.63, 3.8) is 0 Å². The average molecular weight is 256 g/mol. The van der Waals surface area contributed by atoms with Crippen LogP contribution in [0.25, 0.3) is 0 Å². The van der Waals surface area contributed by atoms with E-state index in [9.17, 15) is 9.59 Å². The molecule has 2 aliphatic rings. The lowest BCUT2D eigenvalue weighted by Crippen LogP contribution is -2.59. The topological polar surface area (TPSA) is 61.8 Å². The summed E-state index contributed by atoms with van der Waals surface area (Å²) in [6, 6.07) is 0. The third-order valence-corrected chi connectivity index (χ3v) is 4.12. The molecule has 0 aromatic heterocycles. The standard InChI is InChI=1S/C13H20O5/c1-6-13(5,11-17-12(3,4)18-11)8-7(2)9(14)16-10(8)15/h7-8,11H,6H2,1-5H3. The zero-order chi connectivity index (χ0) is 13.7. The zero-order valence-corrected chi connectivity index (χ0v) is 11.5. The van der Waals surface area contributed by atoms with Crippen molar-refractivity contribution in [3.8, 4) is 0 Å². The van der Waals surface area contributed by atoms with Gasteiger partial charge >= 0.3 is 11.9 Å². The highest BCUT2D eigenvalue weighted by molar-refractivity contribution is 5.96. The highest BCUT2D eigenvalue weighted by Gasteiger charge is 2.59. The predicted molar refractivity (Wildman–Crippen MR) is 62.2 cm³/mol. The molecule has 2 saturated heterocycles. The van der Waals surface area contributed by atoms with E-state index in [0.29, 0.717) is 6.42 Å². The van der Waals surface area contributed by atoms with Gasteiger partial charge in [-0.2, -0.15) is 0 Å². The van der Waals surface area contributed by atoms with Crippen LogP contribution in [-0.4, -0.2) is 24.0 Å². The van der Waals surface area contributed by atoms with E-state index in [1.807, 2.05) is 27.7 Å². The number of esters is 2. The van der Waals surface area contributed by atoms with Crippen LogP contribution in [0, 0.1) is 17.3 Å². The van der Waals surface area contributed by atoms with E-state index >= 15 is 0 Å². The highest BCUT2D eigenvalue weighted by atomic mass is 16.9. The summed E-state index contributed by atoms with van der Waals surface area (Å²) in [5, 5.41) is 0. The first-order valence-electron chi connectivity index (χ1n) is 6.32. The van der Waals surface area contributed by atoms with Crippen LogP contribution in [0.1, 0.15) is 41.0 Å². The maximum absolute atomic E-state index is 11.9. The zero-order valence-electron chi connectivity index (χ0n) is 11.5. The highest BCUT2D eigenvalue weighted by Crippen LogP contribution is 2.50. The van der Waals surface area contributed by atoms with Crippen LogP contribution >= 0.6 is 0 Å². The normalized spacial score (nSPS) is 34.9. The molecule has 102 valence electrons. The summed E-state index contributed by atoms with van der Waals surface area (Å²) < 4.78 is 16.1. The largest absolute Gasteiger partial charge is 0.393 e. The Balaban J connectivity index is 2.23. The minimum atomic E-state index is -0.614. The predicted octanol–water partition coefficient (Wildman–Crippen LogP) is 1.85. The molecule has 0 aliphatic carbocycles. The second-order valence-electron chi connectivity index (χ2n) is 5.83. The summed E-state index contributed by atoms with van der Waals surface area (Å²) in [6.45, 7) is 9.23. The molecule has 3 unspecified atom stereocenters. The van der Waals surface area contributed by atoms with Crippen LogP contribution in [0.3, 0.4) is 0 Å². The van der Waals surface area contributed by atoms with Gasteiger partial charge in [-0.15, -0.1) is 0 Å². The van der Waals surface area contributed by atoms with Crippen molar-refractivity contribution in [2.45, 2.75) is 53.1 Å². The third-order valence-electron chi connectivity index (χ3n) is 4.12. The summed E-state index contributed by atoms with van der Waals surface area (Å²) in [7, 11) is 0. The molecule has 5 heteroatoms. The number of ether oxygens (including phenoxy) is 3. The molecule has 0 spiro atoms. The van der Waals surface area contributed by atoms with Gasteiger partial charge in [-0.1, -0.05) is 20.8 Å². The molecule has 0 N–H and O–H groups in total. The molecular weight excluding hydrogens is 236 g/mol. The maximum Gasteiger partial charge on any atom is 0.318 e. The number of carbonyl (C=O) groups is 2. The molecule has 0 bridgehead atoms. The van der Waals surface area contributed by atoms with E-state index in [0.717, 1.165) is 0 Å². The first-order valence-corrected chi connectivity index (χ1v) is 6.32. The van der Waals surface area contributed by atoms with Crippen LogP contribution in [0.15, 0.2) is 0 Å². The summed E-state index contributed by atoms with van der Waals surface area (Å²) in [5.74, 6) is -2.48. The van der Waals surface area contributed by atoms with E-state index in [-0.39, 0.29) is 0 Å². The third kappa shape index (κ3) is 1.86. The van der Waals surface area contributed by atoms with Gasteiger partial charge in [-0.05, 0) is 20.3 Å². The van der Waals surface area contributed by atoms with Crippen molar-refractivity contribution < 1.29 is 23.8 Å². The van der Waals surface area contributed by atoms with Gasteiger partial charge in [-0.25, -0.2) is 0 Å². The molecule has 3 atom stereocenters. The molecular formula is C13H20O5. The molecule has 0 amide bonds. The number of hydrogen-bond acceptors (Lipinski definition) is 5. The van der Waals surface area contributed by atoms with Gasteiger partial charge in [0.15, 0.2) is 12.1 Å². The van der Waals surface area contributed by atoms with Crippen LogP contribution < -0.4 is 0 Å². The fourth-order valence-corrected chi connectivity index (χ4v) is 2.76. The number of cyclic esters (lactones) is 2. The van der Waals surface area contributed by atoms with Gasteiger partial charge in [0, 0.05) is 5.41 Å².